The zero-order valence-electron chi connectivity index (χ0n) is 17.8. The maximum atomic E-state index is 13.0. The fourth-order valence-corrected chi connectivity index (χ4v) is 6.37. The summed E-state index contributed by atoms with van der Waals surface area (Å²) in [5, 5.41) is 2.88. The van der Waals surface area contributed by atoms with Crippen molar-refractivity contribution in [1.82, 2.24) is 19.0 Å². The number of hydrogen-bond acceptors (Lipinski definition) is 5. The predicted molar refractivity (Wildman–Crippen MR) is 120 cm³/mol. The van der Waals surface area contributed by atoms with Crippen LogP contribution in [0, 0.1) is 5.41 Å². The third-order valence-corrected chi connectivity index (χ3v) is 8.75. The molecule has 3 aromatic rings. The molecule has 2 aliphatic rings. The van der Waals surface area contributed by atoms with E-state index in [1.54, 1.807) is 63.7 Å². The number of benzene rings is 1. The quantitative estimate of drug-likeness (QED) is 0.615. The summed E-state index contributed by atoms with van der Waals surface area (Å²) in [4.78, 5) is 16.9. The molecule has 1 aliphatic carbocycles. The molecule has 1 saturated carbocycles. The number of nitrogens with two attached hydrogens (primary N) is 1. The van der Waals surface area contributed by atoms with Gasteiger partial charge in [-0.05, 0) is 60.9 Å². The number of pyridine rings is 1. The Kier molecular flexibility index (Phi) is 5.27. The summed E-state index contributed by atoms with van der Waals surface area (Å²) < 4.78 is 29.5. The van der Waals surface area contributed by atoms with Crippen LogP contribution in [0.15, 0.2) is 59.9 Å². The Labute approximate surface area is 187 Å². The number of fused-ring (bicyclic) bond motifs is 1. The normalized spacial score (nSPS) is 19.2. The number of hydrogen-bond donors (Lipinski definition) is 2. The molecule has 1 spiro atoms. The third kappa shape index (κ3) is 3.92. The lowest BCUT2D eigenvalue weighted by molar-refractivity contribution is 0.0416. The first-order chi connectivity index (χ1) is 15.3. The van der Waals surface area contributed by atoms with Crippen LogP contribution in [0.5, 0.6) is 0 Å². The number of piperidine rings is 1. The molecule has 1 aliphatic heterocycles. The van der Waals surface area contributed by atoms with Crippen molar-refractivity contribution in [3.63, 3.8) is 0 Å². The molecule has 2 fully saturated rings. The van der Waals surface area contributed by atoms with Crippen molar-refractivity contribution in [2.75, 3.05) is 13.1 Å². The Morgan fingerprint density at radius 1 is 1.12 bits per heavy atom. The van der Waals surface area contributed by atoms with E-state index in [0.717, 1.165) is 36.9 Å². The van der Waals surface area contributed by atoms with Crippen LogP contribution in [-0.2, 0) is 16.6 Å². The maximum absolute atomic E-state index is 13.0. The Hall–Kier alpha value is -2.75. The number of nitrogens with one attached hydrogen (secondary N) is 1. The Morgan fingerprint density at radius 2 is 1.84 bits per heavy atom. The lowest BCUT2D eigenvalue weighted by atomic mass is 9.61. The lowest BCUT2D eigenvalue weighted by Crippen LogP contribution is -2.52. The van der Waals surface area contributed by atoms with Crippen molar-refractivity contribution in [2.45, 2.75) is 43.2 Å². The van der Waals surface area contributed by atoms with Gasteiger partial charge in [-0.1, -0.05) is 12.1 Å². The minimum Gasteiger partial charge on any atom is -0.348 e. The molecule has 3 heterocycles. The summed E-state index contributed by atoms with van der Waals surface area (Å²) in [6, 6.07) is 10.5. The van der Waals surface area contributed by atoms with Crippen LogP contribution < -0.4 is 11.1 Å². The summed E-state index contributed by atoms with van der Waals surface area (Å²) in [6.07, 6.45) is 8.98. The number of imidazole rings is 1. The predicted octanol–water partition coefficient (Wildman–Crippen LogP) is 2.16. The zero-order valence-corrected chi connectivity index (χ0v) is 18.6. The molecule has 8 nitrogen and oxygen atoms in total. The molecule has 0 unspecified atom stereocenters. The summed E-state index contributed by atoms with van der Waals surface area (Å²) in [7, 11) is -3.51. The highest BCUT2D eigenvalue weighted by molar-refractivity contribution is 7.89. The van der Waals surface area contributed by atoms with E-state index < -0.39 is 10.0 Å². The van der Waals surface area contributed by atoms with E-state index in [1.807, 2.05) is 0 Å². The molecule has 168 valence electrons. The van der Waals surface area contributed by atoms with Crippen molar-refractivity contribution in [2.24, 2.45) is 11.1 Å². The number of aromatic nitrogens is 2. The number of carbonyl (C=O) groups is 1. The van der Waals surface area contributed by atoms with Gasteiger partial charge in [0.25, 0.3) is 5.91 Å². The smallest absolute Gasteiger partial charge is 0.253 e. The molecule has 9 heteroatoms. The molecular weight excluding hydrogens is 426 g/mol. The van der Waals surface area contributed by atoms with Crippen LogP contribution in [0.2, 0.25) is 0 Å². The first-order valence-electron chi connectivity index (χ1n) is 10.9. The van der Waals surface area contributed by atoms with Gasteiger partial charge in [0.1, 0.15) is 5.65 Å². The number of sulfonamides is 1. The third-order valence-electron chi connectivity index (χ3n) is 6.84. The summed E-state index contributed by atoms with van der Waals surface area (Å²) in [6.45, 7) is 1.41. The van der Waals surface area contributed by atoms with E-state index in [2.05, 4.69) is 10.3 Å². The first kappa shape index (κ1) is 21.1. The molecule has 5 rings (SSSR count). The molecule has 0 atom stereocenters. The average molecular weight is 454 g/mol. The maximum Gasteiger partial charge on any atom is 0.253 e. The number of amides is 1. The molecule has 1 saturated heterocycles. The highest BCUT2D eigenvalue weighted by Gasteiger charge is 2.45. The average Bonchev–Trinajstić information content (AvgIpc) is 3.25. The fourth-order valence-electron chi connectivity index (χ4n) is 4.93. The van der Waals surface area contributed by atoms with Crippen molar-refractivity contribution in [1.29, 1.82) is 0 Å². The number of rotatable bonds is 5. The number of nitrogens with zero attached hydrogens (tertiary/aromatic N) is 3. The second kappa shape index (κ2) is 7.99. The highest BCUT2D eigenvalue weighted by atomic mass is 32.2. The Morgan fingerprint density at radius 3 is 2.53 bits per heavy atom. The molecule has 32 heavy (non-hydrogen) atoms. The molecule has 0 radical (unpaired) electrons. The minimum absolute atomic E-state index is 0.199. The summed E-state index contributed by atoms with van der Waals surface area (Å²) in [5.41, 5.74) is 8.35. The van der Waals surface area contributed by atoms with Gasteiger partial charge in [0.05, 0.1) is 10.5 Å². The Balaban J connectivity index is 1.19. The van der Waals surface area contributed by atoms with E-state index >= 15 is 0 Å². The van der Waals surface area contributed by atoms with E-state index in [9.17, 15) is 13.2 Å². The van der Waals surface area contributed by atoms with E-state index in [4.69, 9.17) is 5.73 Å². The van der Waals surface area contributed by atoms with Gasteiger partial charge in [-0.15, -0.1) is 0 Å². The molecular formula is C23H27N5O3S. The van der Waals surface area contributed by atoms with Gasteiger partial charge in [0, 0.05) is 44.3 Å². The Bertz CT molecular complexity index is 1240. The van der Waals surface area contributed by atoms with Crippen LogP contribution in [0.4, 0.5) is 0 Å². The van der Waals surface area contributed by atoms with Crippen molar-refractivity contribution >= 4 is 21.6 Å². The molecule has 1 aromatic carbocycles. The van der Waals surface area contributed by atoms with Gasteiger partial charge in [-0.3, -0.25) is 4.79 Å². The van der Waals surface area contributed by atoms with Gasteiger partial charge in [0.2, 0.25) is 10.0 Å². The van der Waals surface area contributed by atoms with Gasteiger partial charge in [0.15, 0.2) is 0 Å². The van der Waals surface area contributed by atoms with Crippen LogP contribution in [0.1, 0.15) is 41.6 Å². The van der Waals surface area contributed by atoms with Gasteiger partial charge < -0.3 is 15.5 Å². The highest BCUT2D eigenvalue weighted by Crippen LogP contribution is 2.48. The lowest BCUT2D eigenvalue weighted by Gasteiger charge is -2.50. The summed E-state index contributed by atoms with van der Waals surface area (Å²) in [5.74, 6) is -0.199. The van der Waals surface area contributed by atoms with Crippen molar-refractivity contribution in [3.05, 3.63) is 66.1 Å². The van der Waals surface area contributed by atoms with E-state index in [-0.39, 0.29) is 17.4 Å². The van der Waals surface area contributed by atoms with E-state index in [0.29, 0.717) is 30.1 Å². The van der Waals surface area contributed by atoms with Crippen LogP contribution in [0.25, 0.3) is 5.65 Å². The molecule has 1 amide bonds. The van der Waals surface area contributed by atoms with Gasteiger partial charge in [-0.25, -0.2) is 13.4 Å². The molecule has 3 N–H and O–H groups in total. The zero-order chi connectivity index (χ0) is 22.3. The van der Waals surface area contributed by atoms with Gasteiger partial charge in [-0.2, -0.15) is 4.31 Å². The first-order valence-corrected chi connectivity index (χ1v) is 12.3. The minimum atomic E-state index is -3.51. The fraction of sp³-hybridized carbons (Fsp3) is 0.391. The van der Waals surface area contributed by atoms with Gasteiger partial charge >= 0.3 is 0 Å². The van der Waals surface area contributed by atoms with Crippen LogP contribution in [-0.4, -0.2) is 47.1 Å². The van der Waals surface area contributed by atoms with Crippen LogP contribution in [0.3, 0.4) is 0 Å². The van der Waals surface area contributed by atoms with E-state index in [1.165, 1.54) is 0 Å². The second-order valence-corrected chi connectivity index (χ2v) is 10.9. The summed E-state index contributed by atoms with van der Waals surface area (Å²) >= 11 is 0. The SMILES string of the molecule is NC1CC2(CCN(S(=O)(=O)c3ccc(CNC(=O)c4ccc5nccn5c4)cc3)CC2)C1. The monoisotopic (exact) mass is 453 g/mol. The van der Waals surface area contributed by atoms with Crippen molar-refractivity contribution < 1.29 is 13.2 Å². The molecule has 2 aromatic heterocycles. The van der Waals surface area contributed by atoms with Crippen molar-refractivity contribution in [3.8, 4) is 0 Å². The number of carbonyl (C=O) groups excluding carboxylic acids is 1. The van der Waals surface area contributed by atoms with Crippen LogP contribution >= 0.6 is 0 Å². The molecule has 0 bridgehead atoms. The second-order valence-electron chi connectivity index (χ2n) is 9.01. The largest absolute Gasteiger partial charge is 0.348 e. The standard InChI is InChI=1S/C23H27N5O3S/c24-19-13-23(14-19)7-10-28(11-8-23)32(30,31)20-4-1-17(2-5-20)15-26-22(29)18-3-6-21-25-9-12-27(21)16-18/h1-6,9,12,16,19H,7-8,10-11,13-15,24H2,(H,26,29). The topological polar surface area (TPSA) is 110 Å².